The lowest BCUT2D eigenvalue weighted by atomic mass is 9.92. The minimum Gasteiger partial charge on any atom is -0.378 e. The number of amides is 1. The van der Waals surface area contributed by atoms with Gasteiger partial charge in [-0.2, -0.15) is 11.8 Å². The number of piperidine rings is 2. The molecule has 1 amide bonds. The lowest BCUT2D eigenvalue weighted by Crippen LogP contribution is -2.52. The Labute approximate surface area is 163 Å². The monoisotopic (exact) mass is 383 g/mol. The standard InChI is InChI=1S/C20H37N3O2S/c1-17(2)26-15-12-21-8-5-19(6-9-21)23-7-3-4-18(16-23)20(24)22-10-13-25-14-11-22/h17-19H,3-16H2,1-2H3/t18-/m0/s1. The van der Waals surface area contributed by atoms with Crippen molar-refractivity contribution in [3.63, 3.8) is 0 Å². The van der Waals surface area contributed by atoms with Gasteiger partial charge in [0.2, 0.25) is 5.91 Å². The van der Waals surface area contributed by atoms with E-state index in [9.17, 15) is 4.79 Å². The van der Waals surface area contributed by atoms with Gasteiger partial charge >= 0.3 is 0 Å². The van der Waals surface area contributed by atoms with Gasteiger partial charge < -0.3 is 14.5 Å². The van der Waals surface area contributed by atoms with Crippen molar-refractivity contribution in [2.45, 2.75) is 50.8 Å². The quantitative estimate of drug-likeness (QED) is 0.702. The largest absolute Gasteiger partial charge is 0.378 e. The number of morpholine rings is 1. The molecule has 0 unspecified atom stereocenters. The van der Waals surface area contributed by atoms with E-state index in [-0.39, 0.29) is 5.92 Å². The molecule has 3 fully saturated rings. The van der Waals surface area contributed by atoms with Crippen LogP contribution in [0.2, 0.25) is 0 Å². The molecule has 1 atom stereocenters. The molecule has 26 heavy (non-hydrogen) atoms. The van der Waals surface area contributed by atoms with Crippen LogP contribution in [-0.2, 0) is 9.53 Å². The highest BCUT2D eigenvalue weighted by Gasteiger charge is 2.33. The summed E-state index contributed by atoms with van der Waals surface area (Å²) in [4.78, 5) is 20.1. The summed E-state index contributed by atoms with van der Waals surface area (Å²) < 4.78 is 5.39. The second kappa shape index (κ2) is 10.3. The molecule has 6 heteroatoms. The van der Waals surface area contributed by atoms with Gasteiger partial charge in [-0.05, 0) is 50.6 Å². The van der Waals surface area contributed by atoms with Gasteiger partial charge in [-0.1, -0.05) is 13.8 Å². The summed E-state index contributed by atoms with van der Waals surface area (Å²) in [6, 6.07) is 0.685. The molecular weight excluding hydrogens is 346 g/mol. The van der Waals surface area contributed by atoms with E-state index < -0.39 is 0 Å². The first-order chi connectivity index (χ1) is 12.6. The Balaban J connectivity index is 1.41. The summed E-state index contributed by atoms with van der Waals surface area (Å²) in [6.07, 6.45) is 4.78. The van der Waals surface area contributed by atoms with Crippen LogP contribution in [0.3, 0.4) is 0 Å². The highest BCUT2D eigenvalue weighted by Crippen LogP contribution is 2.25. The van der Waals surface area contributed by atoms with Crippen LogP contribution in [-0.4, -0.2) is 96.7 Å². The number of carbonyl (C=O) groups excluding carboxylic acids is 1. The van der Waals surface area contributed by atoms with Gasteiger partial charge in [0, 0.05) is 38.0 Å². The van der Waals surface area contributed by atoms with Crippen molar-refractivity contribution in [1.29, 1.82) is 0 Å². The number of ether oxygens (including phenoxy) is 1. The summed E-state index contributed by atoms with van der Waals surface area (Å²) in [5.41, 5.74) is 0. The summed E-state index contributed by atoms with van der Waals surface area (Å²) in [7, 11) is 0. The van der Waals surface area contributed by atoms with Crippen LogP contribution in [0, 0.1) is 5.92 Å². The Morgan fingerprint density at radius 1 is 1.08 bits per heavy atom. The van der Waals surface area contributed by atoms with Crippen LogP contribution in [0.15, 0.2) is 0 Å². The fourth-order valence-corrected chi connectivity index (χ4v) is 5.34. The van der Waals surface area contributed by atoms with Gasteiger partial charge in [-0.15, -0.1) is 0 Å². The van der Waals surface area contributed by atoms with Crippen molar-refractivity contribution in [3.05, 3.63) is 0 Å². The lowest BCUT2D eigenvalue weighted by molar-refractivity contribution is -0.142. The molecule has 0 radical (unpaired) electrons. The zero-order valence-corrected chi connectivity index (χ0v) is 17.5. The number of hydrogen-bond donors (Lipinski definition) is 0. The third-order valence-electron chi connectivity index (χ3n) is 6.06. The smallest absolute Gasteiger partial charge is 0.227 e. The van der Waals surface area contributed by atoms with E-state index in [4.69, 9.17) is 4.74 Å². The van der Waals surface area contributed by atoms with Crippen LogP contribution in [0.4, 0.5) is 0 Å². The van der Waals surface area contributed by atoms with Crippen LogP contribution < -0.4 is 0 Å². The molecule has 0 aromatic heterocycles. The van der Waals surface area contributed by atoms with Gasteiger partial charge in [-0.3, -0.25) is 9.69 Å². The van der Waals surface area contributed by atoms with Gasteiger partial charge in [0.1, 0.15) is 0 Å². The molecule has 3 aliphatic rings. The van der Waals surface area contributed by atoms with Crippen molar-refractivity contribution in [2.75, 3.05) is 64.8 Å². The Bertz CT molecular complexity index is 435. The first-order valence-corrected chi connectivity index (χ1v) is 11.6. The predicted octanol–water partition coefficient (Wildman–Crippen LogP) is 2.16. The van der Waals surface area contributed by atoms with Crippen molar-refractivity contribution >= 4 is 17.7 Å². The Hall–Kier alpha value is -0.300. The molecule has 5 nitrogen and oxygen atoms in total. The van der Waals surface area contributed by atoms with Crippen LogP contribution >= 0.6 is 11.8 Å². The topological polar surface area (TPSA) is 36.0 Å². The van der Waals surface area contributed by atoms with Crippen molar-refractivity contribution < 1.29 is 9.53 Å². The normalized spacial score (nSPS) is 27.2. The van der Waals surface area contributed by atoms with Crippen molar-refractivity contribution in [1.82, 2.24) is 14.7 Å². The second-order valence-electron chi connectivity index (χ2n) is 8.26. The summed E-state index contributed by atoms with van der Waals surface area (Å²) in [5, 5.41) is 0.738. The number of rotatable bonds is 6. The molecule has 3 aliphatic heterocycles. The van der Waals surface area contributed by atoms with E-state index >= 15 is 0 Å². The fourth-order valence-electron chi connectivity index (χ4n) is 4.51. The number of hydrogen-bond acceptors (Lipinski definition) is 5. The molecule has 3 rings (SSSR count). The Morgan fingerprint density at radius 3 is 2.50 bits per heavy atom. The number of thioether (sulfide) groups is 1. The summed E-state index contributed by atoms with van der Waals surface area (Å²) in [6.45, 7) is 13.4. The molecule has 0 aromatic rings. The average molecular weight is 384 g/mol. The molecular formula is C20H37N3O2S. The third-order valence-corrected chi connectivity index (χ3v) is 7.14. The van der Waals surface area contributed by atoms with E-state index in [2.05, 4.69) is 35.4 Å². The fraction of sp³-hybridized carbons (Fsp3) is 0.950. The molecule has 0 spiro atoms. The molecule has 0 saturated carbocycles. The molecule has 0 bridgehead atoms. The Morgan fingerprint density at radius 2 is 1.81 bits per heavy atom. The van der Waals surface area contributed by atoms with Crippen molar-refractivity contribution in [2.24, 2.45) is 5.92 Å². The van der Waals surface area contributed by atoms with E-state index in [0.29, 0.717) is 25.2 Å². The maximum Gasteiger partial charge on any atom is 0.227 e. The number of carbonyl (C=O) groups is 1. The van der Waals surface area contributed by atoms with Crippen LogP contribution in [0.25, 0.3) is 0 Å². The molecule has 3 saturated heterocycles. The predicted molar refractivity (Wildman–Crippen MR) is 109 cm³/mol. The van der Waals surface area contributed by atoms with E-state index in [1.807, 2.05) is 4.90 Å². The molecule has 0 aliphatic carbocycles. The number of nitrogens with zero attached hydrogens (tertiary/aromatic N) is 3. The zero-order chi connectivity index (χ0) is 18.4. The first-order valence-electron chi connectivity index (χ1n) is 10.6. The maximum absolute atomic E-state index is 12.8. The first kappa shape index (κ1) is 20.4. The van der Waals surface area contributed by atoms with Crippen LogP contribution in [0.1, 0.15) is 39.5 Å². The molecule has 3 heterocycles. The van der Waals surface area contributed by atoms with Gasteiger partial charge in [0.15, 0.2) is 0 Å². The SMILES string of the molecule is CC(C)SCCN1CCC(N2CCC[C@H](C(=O)N3CCOCC3)C2)CC1. The maximum atomic E-state index is 12.8. The molecule has 150 valence electrons. The minimum atomic E-state index is 0.210. The van der Waals surface area contributed by atoms with E-state index in [1.165, 1.54) is 51.2 Å². The summed E-state index contributed by atoms with van der Waals surface area (Å²) >= 11 is 2.07. The van der Waals surface area contributed by atoms with Crippen LogP contribution in [0.5, 0.6) is 0 Å². The zero-order valence-electron chi connectivity index (χ0n) is 16.7. The highest BCUT2D eigenvalue weighted by molar-refractivity contribution is 7.99. The molecule has 0 aromatic carbocycles. The van der Waals surface area contributed by atoms with Gasteiger partial charge in [0.05, 0.1) is 19.1 Å². The van der Waals surface area contributed by atoms with E-state index in [1.54, 1.807) is 0 Å². The van der Waals surface area contributed by atoms with E-state index in [0.717, 1.165) is 31.3 Å². The highest BCUT2D eigenvalue weighted by atomic mass is 32.2. The third kappa shape index (κ3) is 5.85. The lowest BCUT2D eigenvalue weighted by Gasteiger charge is -2.43. The minimum absolute atomic E-state index is 0.210. The molecule has 0 N–H and O–H groups in total. The summed E-state index contributed by atoms with van der Waals surface area (Å²) in [5.74, 6) is 1.84. The number of likely N-dealkylation sites (tertiary alicyclic amines) is 2. The average Bonchev–Trinajstić information content (AvgIpc) is 2.68. The van der Waals surface area contributed by atoms with Gasteiger partial charge in [0.25, 0.3) is 0 Å². The Kier molecular flexibility index (Phi) is 8.10. The van der Waals surface area contributed by atoms with Gasteiger partial charge in [-0.25, -0.2) is 0 Å². The second-order valence-corrected chi connectivity index (χ2v) is 9.95. The van der Waals surface area contributed by atoms with Crippen molar-refractivity contribution in [3.8, 4) is 0 Å².